The van der Waals surface area contributed by atoms with Gasteiger partial charge in [-0.2, -0.15) is 0 Å². The van der Waals surface area contributed by atoms with Crippen LogP contribution in [-0.4, -0.2) is 21.6 Å². The van der Waals surface area contributed by atoms with Crippen molar-refractivity contribution in [1.29, 1.82) is 0 Å². The summed E-state index contributed by atoms with van der Waals surface area (Å²) in [6, 6.07) is 2.05. The lowest BCUT2D eigenvalue weighted by molar-refractivity contribution is -0.121. The van der Waals surface area contributed by atoms with E-state index in [1.165, 1.54) is 0 Å². The molecule has 0 aliphatic rings. The fourth-order valence-corrected chi connectivity index (χ4v) is 1.47. The number of aliphatic hydroxyl groups excluding tert-OH is 1. The summed E-state index contributed by atoms with van der Waals surface area (Å²) in [7, 11) is 0. The molecule has 1 heterocycles. The molecule has 1 unspecified atom stereocenters. The predicted molar refractivity (Wildman–Crippen MR) is 63.0 cm³/mol. The zero-order chi connectivity index (χ0) is 12.1. The van der Waals surface area contributed by atoms with Gasteiger partial charge in [0.15, 0.2) is 0 Å². The lowest BCUT2D eigenvalue weighted by Gasteiger charge is -2.08. The van der Waals surface area contributed by atoms with Crippen molar-refractivity contribution < 1.29 is 9.90 Å². The third-order valence-electron chi connectivity index (χ3n) is 2.30. The van der Waals surface area contributed by atoms with Crippen LogP contribution in [0.3, 0.4) is 0 Å². The largest absolute Gasteiger partial charge is 0.389 e. The summed E-state index contributed by atoms with van der Waals surface area (Å²) in [6.07, 6.45) is 3.76. The number of carbonyl (C=O) groups is 1. The number of hydrogen-bond acceptors (Lipinski definition) is 2. The minimum atomic E-state index is -0.453. The van der Waals surface area contributed by atoms with Crippen molar-refractivity contribution in [1.82, 2.24) is 9.88 Å². The van der Waals surface area contributed by atoms with Crippen LogP contribution in [0.5, 0.6) is 0 Å². The first-order chi connectivity index (χ1) is 7.49. The van der Waals surface area contributed by atoms with Crippen LogP contribution in [0.1, 0.15) is 38.9 Å². The number of nitrogens with zero attached hydrogens (tertiary/aromatic N) is 1. The van der Waals surface area contributed by atoms with Gasteiger partial charge < -0.3 is 15.0 Å². The second kappa shape index (κ2) is 5.70. The molecule has 1 amide bonds. The Morgan fingerprint density at radius 1 is 1.50 bits per heavy atom. The Balaban J connectivity index is 2.39. The Labute approximate surface area is 96.3 Å². The van der Waals surface area contributed by atoms with E-state index in [1.807, 2.05) is 36.9 Å². The fraction of sp³-hybridized carbons (Fsp3) is 0.583. The smallest absolute Gasteiger partial charge is 0.221 e. The van der Waals surface area contributed by atoms with Gasteiger partial charge in [-0.05, 0) is 32.4 Å². The summed E-state index contributed by atoms with van der Waals surface area (Å²) >= 11 is 0. The molecule has 1 aromatic rings. The molecule has 0 fully saturated rings. The maximum Gasteiger partial charge on any atom is 0.221 e. The molecule has 0 saturated heterocycles. The Morgan fingerprint density at radius 3 is 2.69 bits per heavy atom. The highest BCUT2D eigenvalue weighted by Crippen LogP contribution is 2.11. The van der Waals surface area contributed by atoms with E-state index in [1.54, 1.807) is 6.92 Å². The van der Waals surface area contributed by atoms with E-state index in [2.05, 4.69) is 5.32 Å². The molecule has 0 spiro atoms. The number of amides is 1. The molecule has 1 aromatic heterocycles. The number of hydrogen-bond donors (Lipinski definition) is 2. The molecular weight excluding hydrogens is 204 g/mol. The first-order valence-corrected chi connectivity index (χ1v) is 5.62. The maximum atomic E-state index is 11.4. The molecule has 0 aliphatic carbocycles. The molecule has 4 nitrogen and oxygen atoms in total. The number of aliphatic hydroxyl groups is 1. The average molecular weight is 224 g/mol. The van der Waals surface area contributed by atoms with Gasteiger partial charge in [0.25, 0.3) is 0 Å². The van der Waals surface area contributed by atoms with Crippen molar-refractivity contribution in [3.63, 3.8) is 0 Å². The van der Waals surface area contributed by atoms with E-state index in [9.17, 15) is 9.90 Å². The number of aromatic nitrogens is 1. The number of carbonyl (C=O) groups excluding carboxylic acids is 1. The maximum absolute atomic E-state index is 11.4. The van der Waals surface area contributed by atoms with E-state index in [4.69, 9.17) is 0 Å². The molecule has 16 heavy (non-hydrogen) atoms. The van der Waals surface area contributed by atoms with Crippen LogP contribution >= 0.6 is 0 Å². The summed E-state index contributed by atoms with van der Waals surface area (Å²) in [5.41, 5.74) is 0.879. The molecule has 0 aromatic carbocycles. The molecule has 90 valence electrons. The highest BCUT2D eigenvalue weighted by atomic mass is 16.3. The van der Waals surface area contributed by atoms with Gasteiger partial charge in [-0.1, -0.05) is 0 Å². The van der Waals surface area contributed by atoms with E-state index < -0.39 is 6.10 Å². The Kier molecular flexibility index (Phi) is 4.55. The fourth-order valence-electron chi connectivity index (χ4n) is 1.47. The second-order valence-electron chi connectivity index (χ2n) is 4.33. The topological polar surface area (TPSA) is 54.3 Å². The Bertz CT molecular complexity index is 343. The van der Waals surface area contributed by atoms with Crippen molar-refractivity contribution in [2.45, 2.75) is 45.9 Å². The molecule has 0 saturated carbocycles. The highest BCUT2D eigenvalue weighted by molar-refractivity contribution is 5.76. The zero-order valence-corrected chi connectivity index (χ0v) is 10.1. The van der Waals surface area contributed by atoms with Gasteiger partial charge in [-0.25, -0.2) is 0 Å². The average Bonchev–Trinajstić information content (AvgIpc) is 2.61. The van der Waals surface area contributed by atoms with E-state index in [0.717, 1.165) is 5.56 Å². The Morgan fingerprint density at radius 2 is 2.19 bits per heavy atom. The van der Waals surface area contributed by atoms with Crippen LogP contribution < -0.4 is 5.32 Å². The first kappa shape index (κ1) is 12.8. The lowest BCUT2D eigenvalue weighted by Crippen LogP contribution is -2.30. The third kappa shape index (κ3) is 4.06. The summed E-state index contributed by atoms with van der Waals surface area (Å²) < 4.78 is 1.92. The zero-order valence-electron chi connectivity index (χ0n) is 10.1. The molecule has 1 rings (SSSR count). The summed E-state index contributed by atoms with van der Waals surface area (Å²) in [6.45, 7) is 6.26. The minimum absolute atomic E-state index is 0.0577. The van der Waals surface area contributed by atoms with Crippen molar-refractivity contribution in [2.75, 3.05) is 0 Å². The Hall–Kier alpha value is -1.29. The minimum Gasteiger partial charge on any atom is -0.389 e. The molecule has 1 atom stereocenters. The van der Waals surface area contributed by atoms with Crippen molar-refractivity contribution in [2.24, 2.45) is 0 Å². The SMILES string of the molecule is CC(C)NC(=O)CCn1ccc(C(C)O)c1. The van der Waals surface area contributed by atoms with Gasteiger partial charge in [0.1, 0.15) is 0 Å². The van der Waals surface area contributed by atoms with Crippen LogP contribution in [0, 0.1) is 0 Å². The van der Waals surface area contributed by atoms with E-state index in [-0.39, 0.29) is 11.9 Å². The van der Waals surface area contributed by atoms with Crippen molar-refractivity contribution >= 4 is 5.91 Å². The van der Waals surface area contributed by atoms with Gasteiger partial charge in [-0.15, -0.1) is 0 Å². The van der Waals surface area contributed by atoms with Crippen LogP contribution in [0.25, 0.3) is 0 Å². The molecular formula is C12H20N2O2. The summed E-state index contributed by atoms with van der Waals surface area (Å²) in [5.74, 6) is 0.0577. The van der Waals surface area contributed by atoms with E-state index >= 15 is 0 Å². The monoisotopic (exact) mass is 224 g/mol. The third-order valence-corrected chi connectivity index (χ3v) is 2.30. The van der Waals surface area contributed by atoms with Gasteiger partial charge in [0.05, 0.1) is 6.10 Å². The number of aryl methyl sites for hydroxylation is 1. The van der Waals surface area contributed by atoms with Crippen LogP contribution in [-0.2, 0) is 11.3 Å². The normalized spacial score (nSPS) is 12.8. The molecule has 4 heteroatoms. The standard InChI is InChI=1S/C12H20N2O2/c1-9(2)13-12(16)5-7-14-6-4-11(8-14)10(3)15/h4,6,8-10,15H,5,7H2,1-3H3,(H,13,16). The number of rotatable bonds is 5. The second-order valence-corrected chi connectivity index (χ2v) is 4.33. The van der Waals surface area contributed by atoms with Gasteiger partial charge in [-0.3, -0.25) is 4.79 Å². The van der Waals surface area contributed by atoms with Crippen molar-refractivity contribution in [3.05, 3.63) is 24.0 Å². The molecule has 0 aliphatic heterocycles. The quantitative estimate of drug-likeness (QED) is 0.795. The molecule has 2 N–H and O–H groups in total. The molecule has 0 radical (unpaired) electrons. The lowest BCUT2D eigenvalue weighted by atomic mass is 10.2. The van der Waals surface area contributed by atoms with E-state index in [0.29, 0.717) is 13.0 Å². The van der Waals surface area contributed by atoms with Crippen LogP contribution in [0.4, 0.5) is 0 Å². The highest BCUT2D eigenvalue weighted by Gasteiger charge is 2.05. The van der Waals surface area contributed by atoms with Crippen LogP contribution in [0.15, 0.2) is 18.5 Å². The summed E-state index contributed by atoms with van der Waals surface area (Å²) in [5, 5.41) is 12.2. The first-order valence-electron chi connectivity index (χ1n) is 5.62. The van der Waals surface area contributed by atoms with Gasteiger partial charge in [0.2, 0.25) is 5.91 Å². The number of nitrogens with one attached hydrogen (secondary N) is 1. The predicted octanol–water partition coefficient (Wildman–Crippen LogP) is 1.46. The molecule has 0 bridgehead atoms. The van der Waals surface area contributed by atoms with Crippen LogP contribution in [0.2, 0.25) is 0 Å². The summed E-state index contributed by atoms with van der Waals surface area (Å²) in [4.78, 5) is 11.4. The van der Waals surface area contributed by atoms with Gasteiger partial charge >= 0.3 is 0 Å². The van der Waals surface area contributed by atoms with Crippen molar-refractivity contribution in [3.8, 4) is 0 Å². The van der Waals surface area contributed by atoms with Gasteiger partial charge in [0, 0.05) is 31.4 Å².